The number of rotatable bonds is 6. The van der Waals surface area contributed by atoms with Gasteiger partial charge in [0.2, 0.25) is 5.91 Å². The number of nitrogens with zero attached hydrogens (tertiary/aromatic N) is 2. The van der Waals surface area contributed by atoms with Crippen LogP contribution < -0.4 is 4.72 Å². The zero-order valence-corrected chi connectivity index (χ0v) is 14.7. The van der Waals surface area contributed by atoms with E-state index in [1.165, 1.54) is 30.1 Å². The molecule has 24 heavy (non-hydrogen) atoms. The zero-order valence-electron chi connectivity index (χ0n) is 12.3. The summed E-state index contributed by atoms with van der Waals surface area (Å²) in [5, 5.41) is 8.75. The van der Waals surface area contributed by atoms with Crippen LogP contribution in [0.3, 0.4) is 0 Å². The van der Waals surface area contributed by atoms with Gasteiger partial charge in [-0.3, -0.25) is 4.79 Å². The Balaban J connectivity index is 1.86. The highest BCUT2D eigenvalue weighted by molar-refractivity contribution is 7.99. The van der Waals surface area contributed by atoms with Gasteiger partial charge in [-0.25, -0.2) is 9.71 Å². The minimum atomic E-state index is -4.00. The normalized spacial score (nSPS) is 10.8. The smallest absolute Gasteiger partial charge is 0.273 e. The van der Waals surface area contributed by atoms with Gasteiger partial charge in [-0.1, -0.05) is 23.7 Å². The van der Waals surface area contributed by atoms with Crippen LogP contribution in [0.5, 0.6) is 0 Å². The summed E-state index contributed by atoms with van der Waals surface area (Å²) in [5.41, 5.74) is 1.50. The maximum absolute atomic E-state index is 12.0. The van der Waals surface area contributed by atoms with Crippen molar-refractivity contribution in [3.63, 3.8) is 0 Å². The summed E-state index contributed by atoms with van der Waals surface area (Å²) in [6.45, 7) is 0. The van der Waals surface area contributed by atoms with E-state index in [1.54, 1.807) is 24.3 Å². The van der Waals surface area contributed by atoms with E-state index in [4.69, 9.17) is 16.9 Å². The Morgan fingerprint density at radius 2 is 1.96 bits per heavy atom. The summed E-state index contributed by atoms with van der Waals surface area (Å²) in [7, 11) is -4.00. The van der Waals surface area contributed by atoms with Crippen LogP contribution in [-0.4, -0.2) is 25.1 Å². The maximum atomic E-state index is 12.0. The topological polar surface area (TPSA) is 99.9 Å². The van der Waals surface area contributed by atoms with Crippen molar-refractivity contribution in [3.05, 3.63) is 58.7 Å². The first kappa shape index (κ1) is 18.3. The second-order valence-electron chi connectivity index (χ2n) is 4.64. The summed E-state index contributed by atoms with van der Waals surface area (Å²) in [5.74, 6) is -0.129. The number of thioether (sulfide) groups is 1. The first-order valence-corrected chi connectivity index (χ1v) is 9.66. The predicted molar refractivity (Wildman–Crippen MR) is 91.9 cm³/mol. The third-order valence-corrected chi connectivity index (χ3v) is 5.32. The molecule has 1 heterocycles. The molecule has 1 aromatic heterocycles. The summed E-state index contributed by atoms with van der Waals surface area (Å²) < 4.78 is 25.9. The van der Waals surface area contributed by atoms with E-state index in [1.807, 2.05) is 10.8 Å². The average molecular weight is 382 g/mol. The lowest BCUT2D eigenvalue weighted by molar-refractivity contribution is -0.116. The first-order valence-electron chi connectivity index (χ1n) is 6.65. The highest BCUT2D eigenvalue weighted by Gasteiger charge is 2.18. The number of nitrogens with one attached hydrogen (secondary N) is 1. The number of hydrogen-bond donors (Lipinski definition) is 1. The van der Waals surface area contributed by atoms with Crippen LogP contribution in [0.2, 0.25) is 5.02 Å². The molecule has 1 amide bonds. The van der Waals surface area contributed by atoms with Crippen molar-refractivity contribution in [1.82, 2.24) is 9.71 Å². The molecule has 9 heteroatoms. The molecule has 0 aliphatic heterocycles. The highest BCUT2D eigenvalue weighted by Crippen LogP contribution is 2.14. The number of amides is 1. The summed E-state index contributed by atoms with van der Waals surface area (Å²) in [4.78, 5) is 15.5. The fourth-order valence-electron chi connectivity index (χ4n) is 1.69. The Hall–Kier alpha value is -2.08. The standard InChI is InChI=1S/C15H12ClN3O3S2/c16-13-5-6-15(18-8-13)24(21,22)19-14(20)10-23-9-12-3-1-11(7-17)2-4-12/h1-6,8H,9-10H2,(H,19,20). The minimum Gasteiger partial charge on any atom is -0.273 e. The lowest BCUT2D eigenvalue weighted by Gasteiger charge is -2.06. The molecular weight excluding hydrogens is 370 g/mol. The molecule has 1 N–H and O–H groups in total. The first-order chi connectivity index (χ1) is 11.4. The number of aromatic nitrogens is 1. The van der Waals surface area contributed by atoms with Gasteiger partial charge in [-0.15, -0.1) is 11.8 Å². The van der Waals surface area contributed by atoms with E-state index < -0.39 is 15.9 Å². The number of carbonyl (C=O) groups excluding carboxylic acids is 1. The third-order valence-electron chi connectivity index (χ3n) is 2.81. The molecule has 0 unspecified atom stereocenters. The van der Waals surface area contributed by atoms with E-state index in [-0.39, 0.29) is 10.8 Å². The van der Waals surface area contributed by atoms with Gasteiger partial charge >= 0.3 is 0 Å². The zero-order chi connectivity index (χ0) is 17.6. The van der Waals surface area contributed by atoms with Crippen molar-refractivity contribution in [2.75, 3.05) is 5.75 Å². The Bertz CT molecular complexity index is 860. The molecule has 0 fully saturated rings. The number of pyridine rings is 1. The number of sulfonamides is 1. The Labute approximate surface area is 148 Å². The van der Waals surface area contributed by atoms with Crippen LogP contribution in [0.4, 0.5) is 0 Å². The van der Waals surface area contributed by atoms with Gasteiger partial charge in [0.05, 0.1) is 22.4 Å². The average Bonchev–Trinajstić information content (AvgIpc) is 2.55. The molecule has 2 rings (SSSR count). The van der Waals surface area contributed by atoms with E-state index >= 15 is 0 Å². The van der Waals surface area contributed by atoms with Crippen molar-refractivity contribution in [2.45, 2.75) is 10.8 Å². The van der Waals surface area contributed by atoms with Gasteiger partial charge in [0.1, 0.15) is 0 Å². The molecule has 0 radical (unpaired) electrons. The van der Waals surface area contributed by atoms with Crippen molar-refractivity contribution in [2.24, 2.45) is 0 Å². The van der Waals surface area contributed by atoms with Crippen LogP contribution in [-0.2, 0) is 20.6 Å². The molecule has 0 spiro atoms. The van der Waals surface area contributed by atoms with E-state index in [0.717, 1.165) is 5.56 Å². The van der Waals surface area contributed by atoms with Crippen molar-refractivity contribution < 1.29 is 13.2 Å². The van der Waals surface area contributed by atoms with Gasteiger partial charge in [0.25, 0.3) is 10.0 Å². The van der Waals surface area contributed by atoms with E-state index in [2.05, 4.69) is 4.98 Å². The molecule has 6 nitrogen and oxygen atoms in total. The molecular formula is C15H12ClN3O3S2. The van der Waals surface area contributed by atoms with Crippen LogP contribution in [0.25, 0.3) is 0 Å². The second-order valence-corrected chi connectivity index (χ2v) is 7.70. The summed E-state index contributed by atoms with van der Waals surface area (Å²) in [6, 6.07) is 11.6. The number of benzene rings is 1. The lowest BCUT2D eigenvalue weighted by Crippen LogP contribution is -2.32. The van der Waals surface area contributed by atoms with E-state index in [9.17, 15) is 13.2 Å². The number of hydrogen-bond acceptors (Lipinski definition) is 6. The fraction of sp³-hybridized carbons (Fsp3) is 0.133. The molecule has 124 valence electrons. The highest BCUT2D eigenvalue weighted by atomic mass is 35.5. The molecule has 0 bridgehead atoms. The number of halogens is 1. The predicted octanol–water partition coefficient (Wildman–Crippen LogP) is 2.34. The minimum absolute atomic E-state index is 0.0210. The molecule has 2 aromatic rings. The van der Waals surface area contributed by atoms with Crippen LogP contribution >= 0.6 is 23.4 Å². The molecule has 0 aliphatic rings. The monoisotopic (exact) mass is 381 g/mol. The van der Waals surface area contributed by atoms with E-state index in [0.29, 0.717) is 16.3 Å². The maximum Gasteiger partial charge on any atom is 0.281 e. The SMILES string of the molecule is N#Cc1ccc(CSCC(=O)NS(=O)(=O)c2ccc(Cl)cn2)cc1. The molecule has 0 atom stereocenters. The van der Waals surface area contributed by atoms with Gasteiger partial charge in [0.15, 0.2) is 5.03 Å². The van der Waals surface area contributed by atoms with Gasteiger partial charge in [0, 0.05) is 11.9 Å². The van der Waals surface area contributed by atoms with Crippen LogP contribution in [0.15, 0.2) is 47.6 Å². The molecule has 0 saturated carbocycles. The lowest BCUT2D eigenvalue weighted by atomic mass is 10.2. The fourth-order valence-corrected chi connectivity index (χ4v) is 3.60. The number of carbonyl (C=O) groups is 1. The quantitative estimate of drug-likeness (QED) is 0.824. The van der Waals surface area contributed by atoms with Crippen molar-refractivity contribution >= 4 is 39.3 Å². The van der Waals surface area contributed by atoms with Crippen LogP contribution in [0, 0.1) is 11.3 Å². The Kier molecular flexibility index (Phi) is 6.20. The summed E-state index contributed by atoms with van der Waals surface area (Å²) >= 11 is 6.91. The summed E-state index contributed by atoms with van der Waals surface area (Å²) in [6.07, 6.45) is 1.19. The van der Waals surface area contributed by atoms with Gasteiger partial charge in [-0.2, -0.15) is 13.7 Å². The van der Waals surface area contributed by atoms with Gasteiger partial charge < -0.3 is 0 Å². The van der Waals surface area contributed by atoms with Gasteiger partial charge in [-0.05, 0) is 29.8 Å². The number of nitriles is 1. The van der Waals surface area contributed by atoms with Crippen molar-refractivity contribution in [1.29, 1.82) is 5.26 Å². The Morgan fingerprint density at radius 1 is 1.25 bits per heavy atom. The largest absolute Gasteiger partial charge is 0.281 e. The molecule has 0 aliphatic carbocycles. The molecule has 1 aromatic carbocycles. The van der Waals surface area contributed by atoms with Crippen LogP contribution in [0.1, 0.15) is 11.1 Å². The molecule has 0 saturated heterocycles. The third kappa shape index (κ3) is 5.23. The Morgan fingerprint density at radius 3 is 2.54 bits per heavy atom. The van der Waals surface area contributed by atoms with Crippen molar-refractivity contribution in [3.8, 4) is 6.07 Å². The second kappa shape index (κ2) is 8.15.